The van der Waals surface area contributed by atoms with Crippen LogP contribution in [-0.4, -0.2) is 68.1 Å². The van der Waals surface area contributed by atoms with Gasteiger partial charge in [-0.1, -0.05) is 102 Å². The van der Waals surface area contributed by atoms with Gasteiger partial charge >= 0.3 is 5.97 Å². The number of carbonyl (C=O) groups is 3. The number of hydrogen-bond acceptors (Lipinski definition) is 7. The van der Waals surface area contributed by atoms with Gasteiger partial charge in [-0.3, -0.25) is 19.1 Å². The lowest BCUT2D eigenvalue weighted by Crippen LogP contribution is -2.52. The number of amides is 1. The van der Waals surface area contributed by atoms with Crippen molar-refractivity contribution in [2.45, 2.75) is 150 Å². The number of aromatic nitrogens is 4. The van der Waals surface area contributed by atoms with Crippen LogP contribution in [0.2, 0.25) is 0 Å². The summed E-state index contributed by atoms with van der Waals surface area (Å²) < 4.78 is 1.77. The lowest BCUT2D eigenvalue weighted by Gasteiger charge is -2.36. The molecule has 0 bridgehead atoms. The fourth-order valence-electron chi connectivity index (χ4n) is 7.81. The quantitative estimate of drug-likeness (QED) is 0.161. The Morgan fingerprint density at radius 2 is 1.46 bits per heavy atom. The highest BCUT2D eigenvalue weighted by atomic mass is 16.4. The van der Waals surface area contributed by atoms with Crippen LogP contribution in [0.4, 0.5) is 0 Å². The van der Waals surface area contributed by atoms with E-state index in [-0.39, 0.29) is 17.4 Å². The number of nitrogens with two attached hydrogens (primary N) is 1. The maximum atomic E-state index is 10.9. The number of aldehydes is 1. The van der Waals surface area contributed by atoms with Crippen molar-refractivity contribution in [3.05, 3.63) is 65.7 Å². The molecule has 1 amide bonds. The molecule has 1 aromatic carbocycles. The van der Waals surface area contributed by atoms with E-state index in [1.165, 1.54) is 95.2 Å². The van der Waals surface area contributed by atoms with E-state index in [9.17, 15) is 14.4 Å². The fourth-order valence-corrected chi connectivity index (χ4v) is 7.81. The van der Waals surface area contributed by atoms with Gasteiger partial charge in [0.25, 0.3) is 0 Å². The van der Waals surface area contributed by atoms with Crippen molar-refractivity contribution in [3.8, 4) is 11.4 Å². The number of aliphatic carboxylic acids is 1. The Hall–Kier alpha value is -3.92. The van der Waals surface area contributed by atoms with E-state index in [0.717, 1.165) is 35.4 Å². The molecular formula is C46H74N6O4. The average Bonchev–Trinajstić information content (AvgIpc) is 3.59. The van der Waals surface area contributed by atoms with E-state index in [0.29, 0.717) is 31.0 Å². The largest absolute Gasteiger partial charge is 0.481 e. The van der Waals surface area contributed by atoms with Crippen molar-refractivity contribution in [1.82, 2.24) is 24.6 Å². The summed E-state index contributed by atoms with van der Waals surface area (Å²) in [4.78, 5) is 42.5. The van der Waals surface area contributed by atoms with Gasteiger partial charge in [-0.2, -0.15) is 5.10 Å². The lowest BCUT2D eigenvalue weighted by molar-refractivity contribution is -0.152. The van der Waals surface area contributed by atoms with Gasteiger partial charge in [0.05, 0.1) is 23.2 Å². The molecule has 2 atom stereocenters. The van der Waals surface area contributed by atoms with Crippen molar-refractivity contribution in [2.24, 2.45) is 29.4 Å². The molecule has 3 heterocycles. The summed E-state index contributed by atoms with van der Waals surface area (Å²) in [6.07, 6.45) is 26.0. The molecule has 1 aliphatic heterocycles. The Kier molecular flexibility index (Phi) is 21.8. The molecule has 1 saturated heterocycles. The average molecular weight is 775 g/mol. The zero-order chi connectivity index (χ0) is 41.7. The second-order valence-electron chi connectivity index (χ2n) is 16.3. The predicted octanol–water partition coefficient (Wildman–Crippen LogP) is 10.1. The van der Waals surface area contributed by atoms with E-state index in [1.54, 1.807) is 28.9 Å². The summed E-state index contributed by atoms with van der Waals surface area (Å²) in [5, 5.41) is 12.5. The van der Waals surface area contributed by atoms with Gasteiger partial charge in [-0.15, -0.1) is 0 Å². The first-order valence-corrected chi connectivity index (χ1v) is 21.4. The normalized spacial score (nSPS) is 20.7. The van der Waals surface area contributed by atoms with Gasteiger partial charge in [0.15, 0.2) is 12.1 Å². The zero-order valence-corrected chi connectivity index (χ0v) is 36.2. The molecular weight excluding hydrogens is 701 g/mol. The van der Waals surface area contributed by atoms with Crippen LogP contribution in [0, 0.1) is 30.6 Å². The van der Waals surface area contributed by atoms with Gasteiger partial charge in [-0.05, 0) is 96.1 Å². The van der Waals surface area contributed by atoms with Gasteiger partial charge in [0.1, 0.15) is 0 Å². The van der Waals surface area contributed by atoms with Crippen molar-refractivity contribution in [3.63, 3.8) is 0 Å². The molecule has 10 heteroatoms. The topological polar surface area (TPSA) is 144 Å². The molecule has 2 aromatic heterocycles. The van der Waals surface area contributed by atoms with Crippen LogP contribution in [0.3, 0.4) is 0 Å². The summed E-state index contributed by atoms with van der Waals surface area (Å²) in [7, 11) is 1.50. The van der Waals surface area contributed by atoms with Crippen LogP contribution in [-0.2, 0) is 15.1 Å². The van der Waals surface area contributed by atoms with Crippen LogP contribution in [0.15, 0.2) is 49.1 Å². The molecule has 10 nitrogen and oxygen atoms in total. The number of benzene rings is 1. The van der Waals surface area contributed by atoms with Gasteiger partial charge < -0.3 is 15.7 Å². The molecule has 56 heavy (non-hydrogen) atoms. The Labute approximate surface area is 338 Å². The number of carboxylic acids is 1. The highest BCUT2D eigenvalue weighted by Crippen LogP contribution is 2.43. The highest BCUT2D eigenvalue weighted by molar-refractivity contribution is 5.80. The number of hydrogen-bond donors (Lipinski definition) is 2. The number of carboxylic acid groups (broad SMARTS) is 1. The Balaban J connectivity index is 0.000000341. The van der Waals surface area contributed by atoms with Crippen LogP contribution >= 0.6 is 0 Å². The molecule has 2 aliphatic carbocycles. The van der Waals surface area contributed by atoms with Crippen molar-refractivity contribution in [1.29, 1.82) is 0 Å². The lowest BCUT2D eigenvalue weighted by atomic mass is 9.72. The summed E-state index contributed by atoms with van der Waals surface area (Å²) in [6.45, 7) is 17.1. The maximum Gasteiger partial charge on any atom is 0.310 e. The predicted molar refractivity (Wildman–Crippen MR) is 229 cm³/mol. The second kappa shape index (κ2) is 25.4. The Morgan fingerprint density at radius 3 is 1.96 bits per heavy atom. The van der Waals surface area contributed by atoms with E-state index in [1.807, 2.05) is 34.6 Å². The third-order valence-electron chi connectivity index (χ3n) is 11.3. The molecule has 3 fully saturated rings. The number of nitrogens with zero attached hydrogens (tertiary/aromatic N) is 5. The van der Waals surface area contributed by atoms with E-state index in [2.05, 4.69) is 61.3 Å². The molecule has 2 unspecified atom stereocenters. The first-order chi connectivity index (χ1) is 26.9. The van der Waals surface area contributed by atoms with Gasteiger partial charge in [-0.25, -0.2) is 9.97 Å². The molecule has 2 saturated carbocycles. The summed E-state index contributed by atoms with van der Waals surface area (Å²) in [5.74, 6) is 3.42. The molecule has 0 radical (unpaired) electrons. The van der Waals surface area contributed by atoms with Crippen LogP contribution in [0.1, 0.15) is 159 Å². The van der Waals surface area contributed by atoms with Crippen LogP contribution in [0.25, 0.3) is 11.4 Å². The molecule has 3 aromatic rings. The van der Waals surface area contributed by atoms with Crippen LogP contribution < -0.4 is 5.73 Å². The summed E-state index contributed by atoms with van der Waals surface area (Å²) >= 11 is 0. The maximum absolute atomic E-state index is 10.9. The molecule has 0 spiro atoms. The molecule has 6 rings (SSSR count). The minimum absolute atomic E-state index is 0.0404. The second-order valence-corrected chi connectivity index (χ2v) is 16.3. The van der Waals surface area contributed by atoms with E-state index in [4.69, 9.17) is 15.1 Å². The first kappa shape index (κ1) is 48.2. The molecule has 312 valence electrons. The molecule has 3 N–H and O–H groups in total. The monoisotopic (exact) mass is 775 g/mol. The van der Waals surface area contributed by atoms with E-state index >= 15 is 0 Å². The van der Waals surface area contributed by atoms with Crippen molar-refractivity contribution in [2.75, 3.05) is 20.1 Å². The van der Waals surface area contributed by atoms with Crippen molar-refractivity contribution >= 4 is 18.2 Å². The van der Waals surface area contributed by atoms with Gasteiger partial charge in [0, 0.05) is 43.7 Å². The number of rotatable bonds is 9. The van der Waals surface area contributed by atoms with E-state index < -0.39 is 5.97 Å². The third-order valence-corrected chi connectivity index (χ3v) is 11.3. The first-order valence-electron chi connectivity index (χ1n) is 21.4. The number of aryl methyl sites for hydroxylation is 1. The Morgan fingerprint density at radius 1 is 0.875 bits per heavy atom. The highest BCUT2D eigenvalue weighted by Gasteiger charge is 2.34. The smallest absolute Gasteiger partial charge is 0.310 e. The minimum atomic E-state index is -0.801. The molecule has 3 aliphatic rings. The minimum Gasteiger partial charge on any atom is -0.481 e. The summed E-state index contributed by atoms with van der Waals surface area (Å²) in [6, 6.07) is 8.50. The van der Waals surface area contributed by atoms with Gasteiger partial charge in [0.2, 0.25) is 5.91 Å². The van der Waals surface area contributed by atoms with Crippen LogP contribution in [0.5, 0.6) is 0 Å². The standard InChI is InChI=1S/C28H40N2.C8H12N2O.C7H11NO3.C2H6.CH5N/c1-3-4-6-22-7-5-8-23(14-11-22)24-15-17-25(18-16-24)27-19-29-28(30-20-27)26-12-9-21(2)10-13-26;1-8(2,3)10-5-7(6-11)4-9-10;1-2-6(9)8-3-5(4-8)7(10)11;2*1-2/h9-10,12-13,19-20,22-25H,3-8,11,14-18H2,1-2H3;4-6H,1-3H3;5H,2-4H2,1H3,(H,10,11);1-2H3;2H2,1H3. The third kappa shape index (κ3) is 15.5. The number of likely N-dealkylation sites (tertiary alicyclic amines) is 1. The number of unbranched alkanes of at least 4 members (excludes halogenated alkanes) is 1. The van der Waals surface area contributed by atoms with Crippen molar-refractivity contribution < 1.29 is 19.5 Å². The number of carbonyl (C=O) groups excluding carboxylic acids is 2. The zero-order valence-electron chi connectivity index (χ0n) is 36.2. The summed E-state index contributed by atoms with van der Waals surface area (Å²) in [5.41, 5.74) is 8.82. The fraction of sp³-hybridized carbons (Fsp3) is 0.652. The Bertz CT molecular complexity index is 1530. The SMILES string of the molecule is CC.CC(C)(C)n1cc(C=O)cn1.CCC(=O)N1CC(C(=O)O)C1.CCCCC1CCCC(C2CCC(c3cnc(-c4ccc(C)cc4)nc3)CC2)CC1.CN.